The average molecular weight is 253 g/mol. The van der Waals surface area contributed by atoms with Gasteiger partial charge in [-0.1, -0.05) is 18.2 Å². The van der Waals surface area contributed by atoms with Crippen molar-refractivity contribution in [2.45, 2.75) is 32.4 Å². The van der Waals surface area contributed by atoms with Crippen LogP contribution in [0.15, 0.2) is 42.6 Å². The van der Waals surface area contributed by atoms with E-state index in [4.69, 9.17) is 5.73 Å². The molecular formula is C16H19N3. The van der Waals surface area contributed by atoms with Crippen molar-refractivity contribution in [3.63, 3.8) is 0 Å². The molecule has 3 rings (SSSR count). The molecule has 1 unspecified atom stereocenters. The van der Waals surface area contributed by atoms with Crippen molar-refractivity contribution in [3.8, 4) is 0 Å². The lowest BCUT2D eigenvalue weighted by molar-refractivity contribution is 0.556. The molecule has 1 aliphatic heterocycles. The monoisotopic (exact) mass is 253 g/mol. The molecule has 3 nitrogen and oxygen atoms in total. The highest BCUT2D eigenvalue weighted by Crippen LogP contribution is 2.31. The minimum Gasteiger partial charge on any atom is -0.397 e. The van der Waals surface area contributed by atoms with Crippen LogP contribution < -0.4 is 10.6 Å². The number of hydrogen-bond acceptors (Lipinski definition) is 3. The topological polar surface area (TPSA) is 42.1 Å². The fourth-order valence-corrected chi connectivity index (χ4v) is 2.71. The molecule has 0 amide bonds. The van der Waals surface area contributed by atoms with Crippen molar-refractivity contribution in [2.75, 3.05) is 10.6 Å². The van der Waals surface area contributed by atoms with Crippen LogP contribution in [0, 0.1) is 0 Å². The molecule has 1 atom stereocenters. The second kappa shape index (κ2) is 4.92. The molecule has 0 bridgehead atoms. The first kappa shape index (κ1) is 12.0. The van der Waals surface area contributed by atoms with Crippen LogP contribution in [0.25, 0.3) is 0 Å². The maximum absolute atomic E-state index is 5.69. The van der Waals surface area contributed by atoms with E-state index in [1.54, 1.807) is 6.20 Å². The number of aromatic nitrogens is 1. The molecule has 98 valence electrons. The minimum atomic E-state index is 0.550. The van der Waals surface area contributed by atoms with Gasteiger partial charge in [0.2, 0.25) is 0 Å². The Morgan fingerprint density at radius 1 is 1.26 bits per heavy atom. The Morgan fingerprint density at radius 3 is 2.89 bits per heavy atom. The molecule has 2 aromatic rings. The third-order valence-electron chi connectivity index (χ3n) is 3.84. The number of para-hydroxylation sites is 1. The van der Waals surface area contributed by atoms with Gasteiger partial charge in [0, 0.05) is 11.7 Å². The number of benzene rings is 1. The zero-order valence-electron chi connectivity index (χ0n) is 11.2. The van der Waals surface area contributed by atoms with Crippen molar-refractivity contribution >= 4 is 11.4 Å². The Hall–Kier alpha value is -2.03. The van der Waals surface area contributed by atoms with Crippen LogP contribution in [0.2, 0.25) is 0 Å². The maximum Gasteiger partial charge on any atom is 0.0605 e. The maximum atomic E-state index is 5.69. The molecule has 2 heterocycles. The first-order valence-corrected chi connectivity index (χ1v) is 6.79. The first-order chi connectivity index (χ1) is 9.24. The average Bonchev–Trinajstić information content (AvgIpc) is 2.44. The predicted molar refractivity (Wildman–Crippen MR) is 79.1 cm³/mol. The summed E-state index contributed by atoms with van der Waals surface area (Å²) in [5, 5.41) is 0. The molecule has 0 spiro atoms. The molecule has 0 saturated carbocycles. The van der Waals surface area contributed by atoms with Crippen molar-refractivity contribution in [1.82, 2.24) is 4.98 Å². The molecule has 1 aromatic carbocycles. The van der Waals surface area contributed by atoms with E-state index in [0.717, 1.165) is 17.9 Å². The van der Waals surface area contributed by atoms with Crippen LogP contribution in [0.3, 0.4) is 0 Å². The normalized spacial score (nSPS) is 18.2. The zero-order chi connectivity index (χ0) is 13.2. The van der Waals surface area contributed by atoms with Gasteiger partial charge in [0.25, 0.3) is 0 Å². The van der Waals surface area contributed by atoms with E-state index in [1.807, 2.05) is 12.1 Å². The number of pyridine rings is 1. The van der Waals surface area contributed by atoms with Gasteiger partial charge in [-0.25, -0.2) is 0 Å². The lowest BCUT2D eigenvalue weighted by Gasteiger charge is -2.37. The number of anilines is 2. The van der Waals surface area contributed by atoms with Crippen LogP contribution in [-0.2, 0) is 13.0 Å². The largest absolute Gasteiger partial charge is 0.397 e. The SMILES string of the molecule is CC1CCc2ccccc2N1Cc1ccc(N)cn1. The van der Waals surface area contributed by atoms with E-state index >= 15 is 0 Å². The number of nitrogens with zero attached hydrogens (tertiary/aromatic N) is 2. The van der Waals surface area contributed by atoms with E-state index in [-0.39, 0.29) is 0 Å². The Balaban J connectivity index is 1.89. The van der Waals surface area contributed by atoms with Crippen LogP contribution in [0.1, 0.15) is 24.6 Å². The third kappa shape index (κ3) is 2.41. The summed E-state index contributed by atoms with van der Waals surface area (Å²) in [5.74, 6) is 0. The fourth-order valence-electron chi connectivity index (χ4n) is 2.71. The molecule has 0 saturated heterocycles. The zero-order valence-corrected chi connectivity index (χ0v) is 11.2. The number of nitrogens with two attached hydrogens (primary N) is 1. The van der Waals surface area contributed by atoms with Gasteiger partial charge in [-0.3, -0.25) is 4.98 Å². The second-order valence-corrected chi connectivity index (χ2v) is 5.23. The molecular weight excluding hydrogens is 234 g/mol. The summed E-state index contributed by atoms with van der Waals surface area (Å²) in [7, 11) is 0. The van der Waals surface area contributed by atoms with E-state index < -0.39 is 0 Å². The van der Waals surface area contributed by atoms with Crippen LogP contribution >= 0.6 is 0 Å². The summed E-state index contributed by atoms with van der Waals surface area (Å²) >= 11 is 0. The summed E-state index contributed by atoms with van der Waals surface area (Å²) in [6.45, 7) is 3.13. The van der Waals surface area contributed by atoms with Crippen LogP contribution in [0.4, 0.5) is 11.4 Å². The highest BCUT2D eigenvalue weighted by Gasteiger charge is 2.22. The van der Waals surface area contributed by atoms with E-state index in [2.05, 4.69) is 41.1 Å². The predicted octanol–water partition coefficient (Wildman–Crippen LogP) is 3.01. The van der Waals surface area contributed by atoms with E-state index in [9.17, 15) is 0 Å². The summed E-state index contributed by atoms with van der Waals surface area (Å²) in [6, 6.07) is 13.2. The van der Waals surface area contributed by atoms with Crippen molar-refractivity contribution in [1.29, 1.82) is 0 Å². The lowest BCUT2D eigenvalue weighted by atomic mass is 9.96. The Morgan fingerprint density at radius 2 is 2.11 bits per heavy atom. The molecule has 1 aliphatic rings. The second-order valence-electron chi connectivity index (χ2n) is 5.23. The molecule has 3 heteroatoms. The van der Waals surface area contributed by atoms with Gasteiger partial charge in [0.1, 0.15) is 0 Å². The molecule has 0 aliphatic carbocycles. The van der Waals surface area contributed by atoms with Gasteiger partial charge in [0.15, 0.2) is 0 Å². The standard InChI is InChI=1S/C16H19N3/c1-12-6-7-13-4-2-3-5-16(13)19(12)11-15-9-8-14(17)10-18-15/h2-5,8-10,12H,6-7,11,17H2,1H3. The van der Waals surface area contributed by atoms with Gasteiger partial charge in [0.05, 0.1) is 24.1 Å². The Kier molecular flexibility index (Phi) is 3.11. The van der Waals surface area contributed by atoms with Gasteiger partial charge in [-0.15, -0.1) is 0 Å². The summed E-state index contributed by atoms with van der Waals surface area (Å²) < 4.78 is 0. The quantitative estimate of drug-likeness (QED) is 0.894. The molecule has 1 aromatic heterocycles. The molecule has 0 radical (unpaired) electrons. The fraction of sp³-hybridized carbons (Fsp3) is 0.312. The van der Waals surface area contributed by atoms with Crippen molar-refractivity contribution < 1.29 is 0 Å². The Bertz CT molecular complexity index is 562. The highest BCUT2D eigenvalue weighted by molar-refractivity contribution is 5.56. The van der Waals surface area contributed by atoms with E-state index in [0.29, 0.717) is 6.04 Å². The molecule has 2 N–H and O–H groups in total. The molecule has 19 heavy (non-hydrogen) atoms. The van der Waals surface area contributed by atoms with Crippen LogP contribution in [-0.4, -0.2) is 11.0 Å². The number of fused-ring (bicyclic) bond motifs is 1. The van der Waals surface area contributed by atoms with E-state index in [1.165, 1.54) is 24.1 Å². The van der Waals surface area contributed by atoms with Crippen molar-refractivity contribution in [2.24, 2.45) is 0 Å². The van der Waals surface area contributed by atoms with Gasteiger partial charge < -0.3 is 10.6 Å². The Labute approximate surface area is 114 Å². The highest BCUT2D eigenvalue weighted by atomic mass is 15.2. The summed E-state index contributed by atoms with van der Waals surface area (Å²) in [4.78, 5) is 6.85. The van der Waals surface area contributed by atoms with Crippen LogP contribution in [0.5, 0.6) is 0 Å². The smallest absolute Gasteiger partial charge is 0.0605 e. The van der Waals surface area contributed by atoms with Crippen molar-refractivity contribution in [3.05, 3.63) is 53.9 Å². The number of rotatable bonds is 2. The van der Waals surface area contributed by atoms with Gasteiger partial charge in [-0.05, 0) is 43.5 Å². The summed E-state index contributed by atoms with van der Waals surface area (Å²) in [6.07, 6.45) is 4.10. The van der Waals surface area contributed by atoms with Gasteiger partial charge in [-0.2, -0.15) is 0 Å². The number of aryl methyl sites for hydroxylation is 1. The minimum absolute atomic E-state index is 0.550. The first-order valence-electron chi connectivity index (χ1n) is 6.79. The molecule has 0 fully saturated rings. The lowest BCUT2D eigenvalue weighted by Crippen LogP contribution is -2.36. The van der Waals surface area contributed by atoms with Gasteiger partial charge >= 0.3 is 0 Å². The number of nitrogen functional groups attached to an aromatic ring is 1. The third-order valence-corrected chi connectivity index (χ3v) is 3.84. The summed E-state index contributed by atoms with van der Waals surface area (Å²) in [5.41, 5.74) is 10.3. The number of hydrogen-bond donors (Lipinski definition) is 1.